The van der Waals surface area contributed by atoms with Crippen LogP contribution in [0.15, 0.2) is 42.0 Å². The third-order valence-electron chi connectivity index (χ3n) is 2.85. The predicted octanol–water partition coefficient (Wildman–Crippen LogP) is 1.41. The molecule has 1 aliphatic rings. The molecule has 96 valence electrons. The van der Waals surface area contributed by atoms with Crippen LogP contribution in [0, 0.1) is 5.92 Å². The lowest BCUT2D eigenvalue weighted by molar-refractivity contribution is 0.404. The zero-order valence-corrected chi connectivity index (χ0v) is 10.4. The molecule has 1 aromatic rings. The van der Waals surface area contributed by atoms with E-state index in [4.69, 9.17) is 5.73 Å². The number of hydrogen-bond donors (Lipinski definition) is 4. The highest BCUT2D eigenvalue weighted by Gasteiger charge is 2.17. The van der Waals surface area contributed by atoms with Crippen molar-refractivity contribution in [2.75, 3.05) is 11.9 Å². The number of anilines is 1. The second-order valence-corrected chi connectivity index (χ2v) is 4.36. The highest BCUT2D eigenvalue weighted by atomic mass is 16.3. The van der Waals surface area contributed by atoms with E-state index >= 15 is 0 Å². The standard InChI is InChI=1S/C13H17N3O2/c1-8-6-11(14)15-12(7-8)16(2)9-4-3-5-10(17)13(9)18/h3-8,15,17-18H,14H2,1-2H3. The maximum atomic E-state index is 9.84. The lowest BCUT2D eigenvalue weighted by Crippen LogP contribution is -2.33. The number of phenols is 2. The quantitative estimate of drug-likeness (QED) is 0.594. The van der Waals surface area contributed by atoms with Gasteiger partial charge in [-0.2, -0.15) is 0 Å². The fraction of sp³-hybridized carbons (Fsp3) is 0.231. The number of aromatic hydroxyl groups is 2. The molecule has 18 heavy (non-hydrogen) atoms. The first-order valence-electron chi connectivity index (χ1n) is 5.70. The van der Waals surface area contributed by atoms with Crippen LogP contribution in [0.25, 0.3) is 0 Å². The Morgan fingerprint density at radius 1 is 1.28 bits per heavy atom. The number of nitrogens with two attached hydrogens (primary N) is 1. The fourth-order valence-corrected chi connectivity index (χ4v) is 1.93. The van der Waals surface area contributed by atoms with Crippen LogP contribution in [0.4, 0.5) is 5.69 Å². The second-order valence-electron chi connectivity index (χ2n) is 4.36. The van der Waals surface area contributed by atoms with E-state index in [1.54, 1.807) is 24.1 Å². The van der Waals surface area contributed by atoms with Gasteiger partial charge < -0.3 is 26.2 Å². The van der Waals surface area contributed by atoms with Crippen LogP contribution in [0.3, 0.4) is 0 Å². The zero-order valence-electron chi connectivity index (χ0n) is 10.4. The molecule has 0 saturated carbocycles. The molecule has 1 heterocycles. The smallest absolute Gasteiger partial charge is 0.181 e. The molecule has 1 aromatic carbocycles. The molecule has 1 unspecified atom stereocenters. The Bertz CT molecular complexity index is 523. The number of benzene rings is 1. The summed E-state index contributed by atoms with van der Waals surface area (Å²) in [4.78, 5) is 1.74. The van der Waals surface area contributed by atoms with Gasteiger partial charge in [0.2, 0.25) is 0 Å². The number of rotatable bonds is 2. The zero-order chi connectivity index (χ0) is 13.3. The van der Waals surface area contributed by atoms with Crippen molar-refractivity contribution in [3.05, 3.63) is 42.0 Å². The van der Waals surface area contributed by atoms with Crippen molar-refractivity contribution in [2.45, 2.75) is 6.92 Å². The molecule has 2 rings (SSSR count). The second kappa shape index (κ2) is 4.52. The number of nitrogens with zero attached hydrogens (tertiary/aromatic N) is 1. The maximum absolute atomic E-state index is 9.84. The number of nitrogens with one attached hydrogen (secondary N) is 1. The average molecular weight is 247 g/mol. The summed E-state index contributed by atoms with van der Waals surface area (Å²) < 4.78 is 0. The minimum atomic E-state index is -0.150. The summed E-state index contributed by atoms with van der Waals surface area (Å²) in [5.74, 6) is 1.26. The van der Waals surface area contributed by atoms with Crippen LogP contribution in [-0.4, -0.2) is 17.3 Å². The fourth-order valence-electron chi connectivity index (χ4n) is 1.93. The molecule has 0 spiro atoms. The Balaban J connectivity index is 2.32. The van der Waals surface area contributed by atoms with Crippen LogP contribution < -0.4 is 16.0 Å². The Hall–Kier alpha value is -2.30. The molecular weight excluding hydrogens is 230 g/mol. The summed E-state index contributed by atoms with van der Waals surface area (Å²) in [7, 11) is 1.79. The van der Waals surface area contributed by atoms with E-state index in [0.29, 0.717) is 11.5 Å². The van der Waals surface area contributed by atoms with Crippen LogP contribution in [-0.2, 0) is 0 Å². The molecule has 0 fully saturated rings. The van der Waals surface area contributed by atoms with E-state index in [1.165, 1.54) is 6.07 Å². The topological polar surface area (TPSA) is 81.8 Å². The Kier molecular flexibility index (Phi) is 3.06. The summed E-state index contributed by atoms with van der Waals surface area (Å²) in [5, 5.41) is 22.4. The number of allylic oxidation sites excluding steroid dienone is 2. The molecule has 0 saturated heterocycles. The van der Waals surface area contributed by atoms with Crippen molar-refractivity contribution in [1.29, 1.82) is 0 Å². The minimum absolute atomic E-state index is 0.146. The van der Waals surface area contributed by atoms with Gasteiger partial charge in [0.05, 0.1) is 11.5 Å². The number of phenolic OH excluding ortho intramolecular Hbond substituents is 2. The molecule has 0 amide bonds. The molecule has 0 bridgehead atoms. The summed E-state index contributed by atoms with van der Waals surface area (Å²) in [6, 6.07) is 4.83. The predicted molar refractivity (Wildman–Crippen MR) is 70.8 cm³/mol. The maximum Gasteiger partial charge on any atom is 0.181 e. The molecule has 1 atom stereocenters. The highest BCUT2D eigenvalue weighted by Crippen LogP contribution is 2.36. The largest absolute Gasteiger partial charge is 0.504 e. The Morgan fingerprint density at radius 2 is 2.00 bits per heavy atom. The first kappa shape index (κ1) is 12.2. The van der Waals surface area contributed by atoms with Gasteiger partial charge >= 0.3 is 0 Å². The lowest BCUT2D eigenvalue weighted by Gasteiger charge is -2.28. The van der Waals surface area contributed by atoms with Gasteiger partial charge in [-0.05, 0) is 30.2 Å². The van der Waals surface area contributed by atoms with Crippen molar-refractivity contribution in [1.82, 2.24) is 5.32 Å². The van der Waals surface area contributed by atoms with E-state index in [1.807, 2.05) is 19.1 Å². The Morgan fingerprint density at radius 3 is 2.67 bits per heavy atom. The lowest BCUT2D eigenvalue weighted by atomic mass is 10.1. The number of hydrogen-bond acceptors (Lipinski definition) is 5. The third-order valence-corrected chi connectivity index (χ3v) is 2.85. The molecule has 0 aromatic heterocycles. The first-order chi connectivity index (χ1) is 8.49. The number of para-hydroxylation sites is 1. The molecule has 1 aliphatic heterocycles. The summed E-state index contributed by atoms with van der Waals surface area (Å²) in [5.41, 5.74) is 6.28. The van der Waals surface area contributed by atoms with Gasteiger partial charge in [-0.15, -0.1) is 0 Å². The molecule has 0 radical (unpaired) electrons. The van der Waals surface area contributed by atoms with Gasteiger partial charge in [0.15, 0.2) is 11.5 Å². The van der Waals surface area contributed by atoms with E-state index in [0.717, 1.165) is 5.82 Å². The summed E-state index contributed by atoms with van der Waals surface area (Å²) >= 11 is 0. The highest BCUT2D eigenvalue weighted by molar-refractivity contribution is 5.65. The molecular formula is C13H17N3O2. The summed E-state index contributed by atoms with van der Waals surface area (Å²) in [6.07, 6.45) is 3.89. The third kappa shape index (κ3) is 2.20. The van der Waals surface area contributed by atoms with Gasteiger partial charge in [0.1, 0.15) is 5.82 Å². The van der Waals surface area contributed by atoms with Crippen molar-refractivity contribution >= 4 is 5.69 Å². The van der Waals surface area contributed by atoms with Gasteiger partial charge in [0, 0.05) is 7.05 Å². The van der Waals surface area contributed by atoms with Gasteiger partial charge in [-0.1, -0.05) is 13.0 Å². The van der Waals surface area contributed by atoms with Crippen LogP contribution >= 0.6 is 0 Å². The summed E-state index contributed by atoms with van der Waals surface area (Å²) in [6.45, 7) is 2.02. The van der Waals surface area contributed by atoms with Gasteiger partial charge in [-0.25, -0.2) is 0 Å². The normalized spacial score (nSPS) is 18.7. The van der Waals surface area contributed by atoms with Crippen molar-refractivity contribution < 1.29 is 10.2 Å². The van der Waals surface area contributed by atoms with Crippen molar-refractivity contribution in [3.8, 4) is 11.5 Å². The molecule has 5 N–H and O–H groups in total. The Labute approximate surface area is 106 Å². The van der Waals surface area contributed by atoms with E-state index in [2.05, 4.69) is 5.32 Å². The van der Waals surface area contributed by atoms with Crippen molar-refractivity contribution in [3.63, 3.8) is 0 Å². The van der Waals surface area contributed by atoms with E-state index in [9.17, 15) is 10.2 Å². The van der Waals surface area contributed by atoms with Crippen LogP contribution in [0.2, 0.25) is 0 Å². The van der Waals surface area contributed by atoms with Crippen molar-refractivity contribution in [2.24, 2.45) is 11.7 Å². The minimum Gasteiger partial charge on any atom is -0.504 e. The van der Waals surface area contributed by atoms with Gasteiger partial charge in [0.25, 0.3) is 0 Å². The van der Waals surface area contributed by atoms with Crippen LogP contribution in [0.5, 0.6) is 11.5 Å². The SMILES string of the molecule is CC1C=C(N)NC(N(C)c2cccc(O)c2O)=C1. The van der Waals surface area contributed by atoms with E-state index in [-0.39, 0.29) is 17.4 Å². The van der Waals surface area contributed by atoms with Gasteiger partial charge in [-0.3, -0.25) is 0 Å². The molecule has 5 nitrogen and oxygen atoms in total. The average Bonchev–Trinajstić information content (AvgIpc) is 2.30. The first-order valence-corrected chi connectivity index (χ1v) is 5.70. The molecule has 5 heteroatoms. The van der Waals surface area contributed by atoms with Crippen LogP contribution in [0.1, 0.15) is 6.92 Å². The monoisotopic (exact) mass is 247 g/mol. The van der Waals surface area contributed by atoms with E-state index < -0.39 is 0 Å². The number of dihydropyridines is 1. The molecule has 0 aliphatic carbocycles.